The summed E-state index contributed by atoms with van der Waals surface area (Å²) >= 11 is 0. The molecule has 0 radical (unpaired) electrons. The molecular formula is C16H24N2O3S. The highest BCUT2D eigenvalue weighted by Crippen LogP contribution is 2.20. The van der Waals surface area contributed by atoms with Crippen LogP contribution in [-0.2, 0) is 10.0 Å². The number of benzene rings is 1. The molecule has 0 aliphatic heterocycles. The zero-order chi connectivity index (χ0) is 16.3. The highest BCUT2D eigenvalue weighted by Gasteiger charge is 2.24. The predicted octanol–water partition coefficient (Wildman–Crippen LogP) is 2.39. The van der Waals surface area contributed by atoms with Gasteiger partial charge in [-0.05, 0) is 44.9 Å². The summed E-state index contributed by atoms with van der Waals surface area (Å²) in [4.78, 5) is 12.4. The molecule has 0 saturated heterocycles. The molecule has 1 aromatic rings. The van der Waals surface area contributed by atoms with E-state index in [1.54, 1.807) is 19.2 Å². The lowest BCUT2D eigenvalue weighted by atomic mass is 10.2. The van der Waals surface area contributed by atoms with Gasteiger partial charge in [-0.3, -0.25) is 4.79 Å². The first-order chi connectivity index (χ1) is 10.3. The van der Waals surface area contributed by atoms with Crippen molar-refractivity contribution in [3.8, 4) is 0 Å². The summed E-state index contributed by atoms with van der Waals surface area (Å²) in [5, 5.41) is 2.98. The fraction of sp³-hybridized carbons (Fsp3) is 0.562. The number of carbonyl (C=O) groups is 1. The van der Waals surface area contributed by atoms with E-state index < -0.39 is 10.0 Å². The lowest BCUT2D eigenvalue weighted by Crippen LogP contribution is -2.34. The van der Waals surface area contributed by atoms with Crippen LogP contribution in [0.1, 0.15) is 49.9 Å². The molecule has 1 aromatic carbocycles. The molecular weight excluding hydrogens is 300 g/mol. The average Bonchev–Trinajstić information content (AvgIpc) is 2.99. The molecule has 0 aromatic heterocycles. The Hall–Kier alpha value is -1.40. The van der Waals surface area contributed by atoms with Gasteiger partial charge in [-0.1, -0.05) is 18.9 Å². The normalized spacial score (nSPS) is 16.4. The van der Waals surface area contributed by atoms with E-state index in [9.17, 15) is 13.2 Å². The van der Waals surface area contributed by atoms with Gasteiger partial charge in [0.05, 0.1) is 4.90 Å². The molecule has 2 rings (SSSR count). The number of sulfonamides is 1. The second kappa shape index (κ2) is 6.79. The van der Waals surface area contributed by atoms with Crippen molar-refractivity contribution in [2.45, 2.75) is 56.5 Å². The number of hydrogen-bond acceptors (Lipinski definition) is 3. The molecule has 1 aliphatic carbocycles. The molecule has 22 heavy (non-hydrogen) atoms. The smallest absolute Gasteiger partial charge is 0.251 e. The largest absolute Gasteiger partial charge is 0.349 e. The Bertz CT molecular complexity index is 635. The van der Waals surface area contributed by atoms with Crippen LogP contribution in [-0.4, -0.2) is 37.8 Å². The van der Waals surface area contributed by atoms with Gasteiger partial charge in [0.25, 0.3) is 5.91 Å². The Labute approximate surface area is 132 Å². The summed E-state index contributed by atoms with van der Waals surface area (Å²) in [5.74, 6) is -0.198. The molecule has 1 amide bonds. The van der Waals surface area contributed by atoms with Gasteiger partial charge in [0.2, 0.25) is 10.0 Å². The maximum absolute atomic E-state index is 12.5. The Morgan fingerprint density at radius 2 is 1.91 bits per heavy atom. The summed E-state index contributed by atoms with van der Waals surface area (Å²) in [6, 6.07) is 6.33. The summed E-state index contributed by atoms with van der Waals surface area (Å²) in [7, 11) is -2.02. The van der Waals surface area contributed by atoms with Gasteiger partial charge in [0.1, 0.15) is 0 Å². The Morgan fingerprint density at radius 3 is 2.50 bits per heavy atom. The number of nitrogens with one attached hydrogen (secondary N) is 1. The van der Waals surface area contributed by atoms with Crippen LogP contribution in [0.5, 0.6) is 0 Å². The first-order valence-electron chi connectivity index (χ1n) is 7.71. The second-order valence-electron chi connectivity index (χ2n) is 6.10. The summed E-state index contributed by atoms with van der Waals surface area (Å²) in [5.41, 5.74) is 0.394. The van der Waals surface area contributed by atoms with Crippen LogP contribution in [0.15, 0.2) is 29.2 Å². The van der Waals surface area contributed by atoms with E-state index in [1.165, 1.54) is 16.4 Å². The minimum absolute atomic E-state index is 0.138. The van der Waals surface area contributed by atoms with E-state index in [1.807, 2.05) is 13.8 Å². The van der Waals surface area contributed by atoms with Crippen molar-refractivity contribution in [1.82, 2.24) is 9.62 Å². The number of hydrogen-bond donors (Lipinski definition) is 1. The van der Waals surface area contributed by atoms with Crippen molar-refractivity contribution in [3.63, 3.8) is 0 Å². The number of amides is 1. The molecule has 1 N–H and O–H groups in total. The molecule has 0 spiro atoms. The molecule has 1 aliphatic rings. The third-order valence-corrected chi connectivity index (χ3v) is 6.22. The quantitative estimate of drug-likeness (QED) is 0.904. The maximum Gasteiger partial charge on any atom is 0.251 e. The minimum atomic E-state index is -3.57. The summed E-state index contributed by atoms with van der Waals surface area (Å²) in [6.07, 6.45) is 4.27. The van der Waals surface area contributed by atoms with Crippen LogP contribution in [0, 0.1) is 0 Å². The molecule has 6 heteroatoms. The van der Waals surface area contributed by atoms with Crippen LogP contribution >= 0.6 is 0 Å². The SMILES string of the molecule is CC(C)N(C)S(=O)(=O)c1cccc(C(=O)NC2CCCC2)c1. The van der Waals surface area contributed by atoms with E-state index >= 15 is 0 Å². The number of carbonyl (C=O) groups excluding carboxylic acids is 1. The Balaban J connectivity index is 2.20. The van der Waals surface area contributed by atoms with Crippen molar-refractivity contribution in [1.29, 1.82) is 0 Å². The predicted molar refractivity (Wildman–Crippen MR) is 86.2 cm³/mol. The van der Waals surface area contributed by atoms with Crippen molar-refractivity contribution in [2.75, 3.05) is 7.05 Å². The molecule has 0 unspecified atom stereocenters. The lowest BCUT2D eigenvalue weighted by Gasteiger charge is -2.21. The lowest BCUT2D eigenvalue weighted by molar-refractivity contribution is 0.0937. The summed E-state index contributed by atoms with van der Waals surface area (Å²) in [6.45, 7) is 3.63. The monoisotopic (exact) mass is 324 g/mol. The van der Waals surface area contributed by atoms with Gasteiger partial charge >= 0.3 is 0 Å². The van der Waals surface area contributed by atoms with Gasteiger partial charge in [-0.2, -0.15) is 4.31 Å². The fourth-order valence-electron chi connectivity index (χ4n) is 2.58. The summed E-state index contributed by atoms with van der Waals surface area (Å²) < 4.78 is 26.3. The number of nitrogens with zero attached hydrogens (tertiary/aromatic N) is 1. The van der Waals surface area contributed by atoms with Crippen LogP contribution in [0.3, 0.4) is 0 Å². The van der Waals surface area contributed by atoms with Crippen LogP contribution in [0.2, 0.25) is 0 Å². The molecule has 1 fully saturated rings. The first-order valence-corrected chi connectivity index (χ1v) is 9.15. The highest BCUT2D eigenvalue weighted by atomic mass is 32.2. The van der Waals surface area contributed by atoms with Gasteiger partial charge in [0.15, 0.2) is 0 Å². The Morgan fingerprint density at radius 1 is 1.27 bits per heavy atom. The van der Waals surface area contributed by atoms with E-state index in [0.717, 1.165) is 25.7 Å². The molecule has 1 saturated carbocycles. The Kier molecular flexibility index (Phi) is 5.24. The molecule has 0 atom stereocenters. The standard InChI is InChI=1S/C16H24N2O3S/c1-12(2)18(3)22(20,21)15-10-6-7-13(11-15)16(19)17-14-8-4-5-9-14/h6-7,10-12,14H,4-5,8-9H2,1-3H3,(H,17,19). The van der Waals surface area contributed by atoms with Crippen LogP contribution in [0.4, 0.5) is 0 Å². The highest BCUT2D eigenvalue weighted by molar-refractivity contribution is 7.89. The van der Waals surface area contributed by atoms with Gasteiger partial charge in [-0.25, -0.2) is 8.42 Å². The minimum Gasteiger partial charge on any atom is -0.349 e. The fourth-order valence-corrected chi connectivity index (χ4v) is 3.99. The maximum atomic E-state index is 12.5. The number of rotatable bonds is 5. The first kappa shape index (κ1) is 17.0. The molecule has 122 valence electrons. The zero-order valence-corrected chi connectivity index (χ0v) is 14.2. The van der Waals surface area contributed by atoms with Crippen molar-refractivity contribution >= 4 is 15.9 Å². The van der Waals surface area contributed by atoms with Crippen molar-refractivity contribution < 1.29 is 13.2 Å². The van der Waals surface area contributed by atoms with Crippen molar-refractivity contribution in [3.05, 3.63) is 29.8 Å². The van der Waals surface area contributed by atoms with E-state index in [2.05, 4.69) is 5.32 Å². The zero-order valence-electron chi connectivity index (χ0n) is 13.4. The third kappa shape index (κ3) is 3.67. The average molecular weight is 324 g/mol. The van der Waals surface area contributed by atoms with E-state index in [-0.39, 0.29) is 22.9 Å². The van der Waals surface area contributed by atoms with Gasteiger partial charge < -0.3 is 5.32 Å². The van der Waals surface area contributed by atoms with Crippen molar-refractivity contribution in [2.24, 2.45) is 0 Å². The van der Waals surface area contributed by atoms with Crippen LogP contribution in [0.25, 0.3) is 0 Å². The topological polar surface area (TPSA) is 66.5 Å². The second-order valence-corrected chi connectivity index (χ2v) is 8.10. The van der Waals surface area contributed by atoms with E-state index in [4.69, 9.17) is 0 Å². The molecule has 0 bridgehead atoms. The van der Waals surface area contributed by atoms with Crippen LogP contribution < -0.4 is 5.32 Å². The van der Waals surface area contributed by atoms with Gasteiger partial charge in [0, 0.05) is 24.7 Å². The van der Waals surface area contributed by atoms with Gasteiger partial charge in [-0.15, -0.1) is 0 Å². The molecule has 5 nitrogen and oxygen atoms in total. The molecule has 0 heterocycles. The van der Waals surface area contributed by atoms with E-state index in [0.29, 0.717) is 5.56 Å². The third-order valence-electron chi connectivity index (χ3n) is 4.19.